The topological polar surface area (TPSA) is 95.9 Å². The van der Waals surface area contributed by atoms with Gasteiger partial charge in [0.15, 0.2) is 6.61 Å². The fourth-order valence-corrected chi connectivity index (χ4v) is 3.09. The van der Waals surface area contributed by atoms with Crippen LogP contribution in [0.3, 0.4) is 0 Å². The molecule has 2 aromatic carbocycles. The Balaban J connectivity index is 1.57. The van der Waals surface area contributed by atoms with Gasteiger partial charge in [-0.3, -0.25) is 9.59 Å². The van der Waals surface area contributed by atoms with Crippen LogP contribution in [-0.4, -0.2) is 40.9 Å². The Labute approximate surface area is 162 Å². The summed E-state index contributed by atoms with van der Waals surface area (Å²) >= 11 is 0. The van der Waals surface area contributed by atoms with E-state index in [0.717, 1.165) is 24.1 Å². The van der Waals surface area contributed by atoms with Crippen molar-refractivity contribution in [2.24, 2.45) is 0 Å². The second-order valence-electron chi connectivity index (χ2n) is 6.63. The highest BCUT2D eigenvalue weighted by Gasteiger charge is 2.20. The molecule has 1 heterocycles. The molecule has 0 aliphatic carbocycles. The number of rotatable bonds is 8. The third-order valence-corrected chi connectivity index (χ3v) is 4.45. The molecule has 0 atom stereocenters. The average molecular weight is 382 g/mol. The molecule has 1 aliphatic heterocycles. The van der Waals surface area contributed by atoms with Gasteiger partial charge in [0.1, 0.15) is 5.75 Å². The van der Waals surface area contributed by atoms with Gasteiger partial charge in [0.25, 0.3) is 5.91 Å². The van der Waals surface area contributed by atoms with E-state index >= 15 is 0 Å². The number of likely N-dealkylation sites (tertiary alicyclic amines) is 1. The maximum absolute atomic E-state index is 12.4. The average Bonchev–Trinajstić information content (AvgIpc) is 3.09. The fourth-order valence-electron chi connectivity index (χ4n) is 3.09. The summed E-state index contributed by atoms with van der Waals surface area (Å²) in [5.41, 5.74) is 2.36. The predicted octanol–water partition coefficient (Wildman–Crippen LogP) is 2.20. The van der Waals surface area contributed by atoms with E-state index in [9.17, 15) is 14.4 Å². The second-order valence-corrected chi connectivity index (χ2v) is 6.63. The smallest absolute Gasteiger partial charge is 0.341 e. The molecule has 1 aliphatic rings. The minimum atomic E-state index is -1.08. The zero-order chi connectivity index (χ0) is 19.9. The molecule has 7 heteroatoms. The summed E-state index contributed by atoms with van der Waals surface area (Å²) in [6, 6.07) is 14.2. The van der Waals surface area contributed by atoms with Gasteiger partial charge in [0, 0.05) is 31.6 Å². The largest absolute Gasteiger partial charge is 0.482 e. The summed E-state index contributed by atoms with van der Waals surface area (Å²) < 4.78 is 5.10. The van der Waals surface area contributed by atoms with Crippen molar-refractivity contribution >= 4 is 17.8 Å². The highest BCUT2D eigenvalue weighted by Crippen LogP contribution is 2.16. The molecule has 2 aromatic rings. The molecule has 1 saturated heterocycles. The van der Waals surface area contributed by atoms with E-state index in [2.05, 4.69) is 5.32 Å². The molecule has 7 nitrogen and oxygen atoms in total. The lowest BCUT2D eigenvalue weighted by Gasteiger charge is -2.16. The monoisotopic (exact) mass is 382 g/mol. The van der Waals surface area contributed by atoms with Crippen molar-refractivity contribution in [1.29, 1.82) is 0 Å². The van der Waals surface area contributed by atoms with E-state index < -0.39 is 12.6 Å². The van der Waals surface area contributed by atoms with Crippen molar-refractivity contribution < 1.29 is 24.2 Å². The molecule has 2 N–H and O–H groups in total. The lowest BCUT2D eigenvalue weighted by atomic mass is 10.1. The first kappa shape index (κ1) is 19.4. The fraction of sp³-hybridized carbons (Fsp3) is 0.286. The lowest BCUT2D eigenvalue weighted by molar-refractivity contribution is -0.139. The molecule has 3 rings (SSSR count). The van der Waals surface area contributed by atoms with E-state index in [-0.39, 0.29) is 11.8 Å². The number of aliphatic carboxylic acids is 1. The highest BCUT2D eigenvalue weighted by atomic mass is 16.5. The van der Waals surface area contributed by atoms with Crippen molar-refractivity contribution in [3.8, 4) is 5.75 Å². The summed E-state index contributed by atoms with van der Waals surface area (Å²) in [5.74, 6) is -0.845. The number of carboxylic acids is 1. The van der Waals surface area contributed by atoms with Crippen molar-refractivity contribution in [3.63, 3.8) is 0 Å². The van der Waals surface area contributed by atoms with Crippen LogP contribution in [0.15, 0.2) is 48.5 Å². The molecule has 28 heavy (non-hydrogen) atoms. The lowest BCUT2D eigenvalue weighted by Crippen LogP contribution is -2.24. The standard InChI is InChI=1S/C21H22N2O5/c24-19-8-3-9-23(19)13-16-5-1-4-15(10-16)12-22-21(27)17-6-2-7-18(11-17)28-14-20(25)26/h1-2,4-7,10-11H,3,8-9,12-14H2,(H,22,27)(H,25,26). The van der Waals surface area contributed by atoms with E-state index in [1.807, 2.05) is 29.2 Å². The van der Waals surface area contributed by atoms with Crippen molar-refractivity contribution in [1.82, 2.24) is 10.2 Å². The maximum atomic E-state index is 12.4. The number of carboxylic acid groups (broad SMARTS) is 1. The van der Waals surface area contributed by atoms with Crippen LogP contribution in [0.5, 0.6) is 5.75 Å². The molecule has 1 fully saturated rings. The first-order chi connectivity index (χ1) is 13.5. The van der Waals surface area contributed by atoms with Gasteiger partial charge in [0.2, 0.25) is 5.91 Å². The van der Waals surface area contributed by atoms with Gasteiger partial charge in [-0.1, -0.05) is 30.3 Å². The Bertz CT molecular complexity index is 881. The number of amides is 2. The van der Waals surface area contributed by atoms with Gasteiger partial charge in [-0.15, -0.1) is 0 Å². The van der Waals surface area contributed by atoms with E-state index in [1.54, 1.807) is 18.2 Å². The SMILES string of the molecule is O=C(O)COc1cccc(C(=O)NCc2cccc(CN3CCCC3=O)c2)c1. The molecule has 0 spiro atoms. The molecule has 0 aromatic heterocycles. The Hall–Kier alpha value is -3.35. The third-order valence-electron chi connectivity index (χ3n) is 4.45. The molecule has 0 bridgehead atoms. The van der Waals surface area contributed by atoms with E-state index in [1.165, 1.54) is 6.07 Å². The number of hydrogen-bond acceptors (Lipinski definition) is 4. The van der Waals surface area contributed by atoms with Crippen LogP contribution < -0.4 is 10.1 Å². The van der Waals surface area contributed by atoms with Gasteiger partial charge < -0.3 is 20.1 Å². The minimum Gasteiger partial charge on any atom is -0.482 e. The van der Waals surface area contributed by atoms with Gasteiger partial charge in [-0.2, -0.15) is 0 Å². The molecular formula is C21H22N2O5. The zero-order valence-corrected chi connectivity index (χ0v) is 15.4. The number of carbonyl (C=O) groups excluding carboxylic acids is 2. The third kappa shape index (κ3) is 5.33. The van der Waals surface area contributed by atoms with Crippen LogP contribution in [0.4, 0.5) is 0 Å². The van der Waals surface area contributed by atoms with E-state index in [0.29, 0.717) is 30.8 Å². The number of ether oxygens (including phenoxy) is 1. The van der Waals surface area contributed by atoms with Crippen LogP contribution in [0.25, 0.3) is 0 Å². The van der Waals surface area contributed by atoms with Gasteiger partial charge in [0.05, 0.1) is 0 Å². The number of carbonyl (C=O) groups is 3. The Kier molecular flexibility index (Phi) is 6.26. The van der Waals surface area contributed by atoms with Gasteiger partial charge in [-0.25, -0.2) is 4.79 Å². The van der Waals surface area contributed by atoms with Crippen LogP contribution in [0.2, 0.25) is 0 Å². The summed E-state index contributed by atoms with van der Waals surface area (Å²) in [5, 5.41) is 11.5. The summed E-state index contributed by atoms with van der Waals surface area (Å²) in [6.07, 6.45) is 1.52. The number of nitrogens with zero attached hydrogens (tertiary/aromatic N) is 1. The Morgan fingerprint density at radius 1 is 1.11 bits per heavy atom. The Morgan fingerprint density at radius 3 is 2.64 bits per heavy atom. The van der Waals surface area contributed by atoms with Gasteiger partial charge >= 0.3 is 5.97 Å². The molecule has 0 unspecified atom stereocenters. The van der Waals surface area contributed by atoms with Crippen molar-refractivity contribution in [2.45, 2.75) is 25.9 Å². The quantitative estimate of drug-likeness (QED) is 0.730. The number of hydrogen-bond donors (Lipinski definition) is 2. The van der Waals surface area contributed by atoms with Gasteiger partial charge in [-0.05, 0) is 35.7 Å². The maximum Gasteiger partial charge on any atom is 0.341 e. The highest BCUT2D eigenvalue weighted by molar-refractivity contribution is 5.94. The summed E-state index contributed by atoms with van der Waals surface area (Å²) in [7, 11) is 0. The normalized spacial score (nSPS) is 13.4. The zero-order valence-electron chi connectivity index (χ0n) is 15.4. The number of nitrogens with one attached hydrogen (secondary N) is 1. The van der Waals surface area contributed by atoms with Crippen LogP contribution in [-0.2, 0) is 22.7 Å². The Morgan fingerprint density at radius 2 is 1.89 bits per heavy atom. The van der Waals surface area contributed by atoms with Crippen LogP contribution in [0.1, 0.15) is 34.3 Å². The van der Waals surface area contributed by atoms with Crippen LogP contribution in [0, 0.1) is 0 Å². The second kappa shape index (κ2) is 9.03. The predicted molar refractivity (Wildman–Crippen MR) is 102 cm³/mol. The molecule has 0 radical (unpaired) electrons. The summed E-state index contributed by atoms with van der Waals surface area (Å²) in [6.45, 7) is 1.27. The molecular weight excluding hydrogens is 360 g/mol. The van der Waals surface area contributed by atoms with Crippen LogP contribution >= 0.6 is 0 Å². The molecule has 2 amide bonds. The first-order valence-electron chi connectivity index (χ1n) is 9.10. The molecule has 146 valence electrons. The van der Waals surface area contributed by atoms with Crippen molar-refractivity contribution in [3.05, 3.63) is 65.2 Å². The van der Waals surface area contributed by atoms with E-state index in [4.69, 9.17) is 9.84 Å². The number of benzene rings is 2. The molecule has 0 saturated carbocycles. The first-order valence-corrected chi connectivity index (χ1v) is 9.10. The van der Waals surface area contributed by atoms with Crippen molar-refractivity contribution in [2.75, 3.05) is 13.2 Å². The summed E-state index contributed by atoms with van der Waals surface area (Å²) in [4.78, 5) is 36.6. The minimum absolute atomic E-state index is 0.184.